The number of carbonyl (C=O) groups excluding carboxylic acids is 1. The van der Waals surface area contributed by atoms with Crippen molar-refractivity contribution in [2.75, 3.05) is 33.2 Å². The lowest BCUT2D eigenvalue weighted by Gasteiger charge is -2.34. The van der Waals surface area contributed by atoms with Gasteiger partial charge in [0.1, 0.15) is 29.6 Å². The first-order chi connectivity index (χ1) is 17.5. The number of nitrogens with zero attached hydrogens (tertiary/aromatic N) is 5. The van der Waals surface area contributed by atoms with Crippen LogP contribution in [0.15, 0.2) is 49.2 Å². The predicted octanol–water partition coefficient (Wildman–Crippen LogP) is 2.36. The van der Waals surface area contributed by atoms with Crippen LogP contribution in [-0.4, -0.2) is 74.9 Å². The second-order valence-corrected chi connectivity index (χ2v) is 8.93. The van der Waals surface area contributed by atoms with E-state index >= 15 is 0 Å². The van der Waals surface area contributed by atoms with Crippen molar-refractivity contribution in [1.82, 2.24) is 34.9 Å². The number of H-pyrrole nitrogens is 1. The number of aromatic amines is 1. The number of hydrogen-bond donors (Lipinski definition) is 3. The average Bonchev–Trinajstić information content (AvgIpc) is 3.57. The first-order valence-corrected chi connectivity index (χ1v) is 12.0. The fourth-order valence-electron chi connectivity index (χ4n) is 4.64. The Bertz CT molecular complexity index is 1340. The molecule has 36 heavy (non-hydrogen) atoms. The van der Waals surface area contributed by atoms with E-state index in [1.165, 1.54) is 19.2 Å². The van der Waals surface area contributed by atoms with Crippen LogP contribution in [0.4, 0.5) is 4.39 Å². The Labute approximate surface area is 207 Å². The molecular formula is C25H29FN8O2. The lowest BCUT2D eigenvalue weighted by atomic mass is 10.1. The highest BCUT2D eigenvalue weighted by atomic mass is 19.1. The van der Waals surface area contributed by atoms with Crippen LogP contribution in [0.3, 0.4) is 0 Å². The van der Waals surface area contributed by atoms with Crippen LogP contribution in [0.2, 0.25) is 0 Å². The third kappa shape index (κ3) is 5.07. The number of carbonyl (C=O) groups is 1. The summed E-state index contributed by atoms with van der Waals surface area (Å²) in [6, 6.07) is 6.06. The van der Waals surface area contributed by atoms with Crippen LogP contribution >= 0.6 is 0 Å². The Balaban J connectivity index is 1.19. The van der Waals surface area contributed by atoms with Crippen molar-refractivity contribution < 1.29 is 13.9 Å². The van der Waals surface area contributed by atoms with Crippen molar-refractivity contribution in [3.05, 3.63) is 60.6 Å². The Morgan fingerprint density at radius 3 is 2.92 bits per heavy atom. The Morgan fingerprint density at radius 2 is 2.14 bits per heavy atom. The van der Waals surface area contributed by atoms with E-state index in [0.717, 1.165) is 54.8 Å². The van der Waals surface area contributed by atoms with E-state index in [1.54, 1.807) is 12.4 Å². The molecule has 1 saturated heterocycles. The van der Waals surface area contributed by atoms with Gasteiger partial charge in [0.15, 0.2) is 0 Å². The van der Waals surface area contributed by atoms with E-state index in [1.807, 2.05) is 29.3 Å². The lowest BCUT2D eigenvalue weighted by Crippen LogP contribution is -2.42. The highest BCUT2D eigenvalue weighted by molar-refractivity contribution is 5.94. The molecule has 4 aromatic rings. The molecule has 11 heteroatoms. The number of fused-ring (bicyclic) bond motifs is 1. The van der Waals surface area contributed by atoms with Crippen molar-refractivity contribution in [3.63, 3.8) is 0 Å². The average molecular weight is 493 g/mol. The van der Waals surface area contributed by atoms with Gasteiger partial charge in [-0.15, -0.1) is 0 Å². The monoisotopic (exact) mass is 492 g/mol. The number of halogens is 1. The summed E-state index contributed by atoms with van der Waals surface area (Å²) in [5, 5.41) is 8.03. The van der Waals surface area contributed by atoms with Crippen LogP contribution in [-0.2, 0) is 0 Å². The number of piperidine rings is 1. The van der Waals surface area contributed by atoms with Gasteiger partial charge in [-0.25, -0.2) is 14.4 Å². The Kier molecular flexibility index (Phi) is 6.92. The maximum atomic E-state index is 14.0. The lowest BCUT2D eigenvalue weighted by molar-refractivity contribution is 0.0904. The first kappa shape index (κ1) is 23.9. The Morgan fingerprint density at radius 1 is 1.31 bits per heavy atom. The zero-order chi connectivity index (χ0) is 25.1. The van der Waals surface area contributed by atoms with E-state index in [4.69, 9.17) is 10.5 Å². The third-order valence-corrected chi connectivity index (χ3v) is 6.54. The van der Waals surface area contributed by atoms with Crippen LogP contribution in [0.5, 0.6) is 5.75 Å². The fourth-order valence-corrected chi connectivity index (χ4v) is 4.64. The molecule has 1 fully saturated rings. The quantitative estimate of drug-likeness (QED) is 0.345. The van der Waals surface area contributed by atoms with Crippen molar-refractivity contribution >= 4 is 16.9 Å². The minimum atomic E-state index is -0.493. The van der Waals surface area contributed by atoms with Crippen LogP contribution in [0.1, 0.15) is 29.2 Å². The molecule has 1 aromatic carbocycles. The molecule has 5 rings (SSSR count). The summed E-state index contributed by atoms with van der Waals surface area (Å²) in [6.07, 6.45) is 8.72. The molecule has 4 N–H and O–H groups in total. The zero-order valence-corrected chi connectivity index (χ0v) is 20.0. The molecule has 1 aliphatic rings. The summed E-state index contributed by atoms with van der Waals surface area (Å²) in [6.45, 7) is 2.85. The molecule has 188 valence electrons. The number of rotatable bonds is 8. The summed E-state index contributed by atoms with van der Waals surface area (Å²) in [7, 11) is 1.51. The van der Waals surface area contributed by atoms with Gasteiger partial charge in [-0.1, -0.05) is 0 Å². The molecule has 0 bridgehead atoms. The van der Waals surface area contributed by atoms with Crippen molar-refractivity contribution in [1.29, 1.82) is 0 Å². The second-order valence-electron chi connectivity index (χ2n) is 8.93. The van der Waals surface area contributed by atoms with Crippen molar-refractivity contribution in [2.45, 2.75) is 25.0 Å². The standard InChI is InChI=1S/C25H29FN8O2/c1-28-25(35)16-8-18(26)10-21(9-16)36-20-3-6-33(7-4-20)14-19(11-27)34-13-17(12-32-34)23-22-2-5-29-24(22)31-15-30-23/h2,5,8-10,12-13,15,19-20H,3-4,6-7,11,14,27H2,1H3,(H,28,35)(H,29,30,31). The number of aromatic nitrogens is 5. The minimum absolute atomic E-state index is 0.0121. The van der Waals surface area contributed by atoms with Gasteiger partial charge < -0.3 is 25.7 Å². The molecule has 0 saturated carbocycles. The second kappa shape index (κ2) is 10.4. The van der Waals surface area contributed by atoms with Crippen LogP contribution in [0.25, 0.3) is 22.3 Å². The number of benzene rings is 1. The highest BCUT2D eigenvalue weighted by Crippen LogP contribution is 2.26. The highest BCUT2D eigenvalue weighted by Gasteiger charge is 2.24. The molecule has 1 atom stereocenters. The summed E-state index contributed by atoms with van der Waals surface area (Å²) >= 11 is 0. The normalized spacial score (nSPS) is 15.8. The number of hydrogen-bond acceptors (Lipinski definition) is 7. The van der Waals surface area contributed by atoms with Crippen LogP contribution < -0.4 is 15.8 Å². The van der Waals surface area contributed by atoms with E-state index in [0.29, 0.717) is 12.3 Å². The summed E-state index contributed by atoms with van der Waals surface area (Å²) < 4.78 is 21.9. The summed E-state index contributed by atoms with van der Waals surface area (Å²) in [5.74, 6) is -0.467. The number of nitrogens with two attached hydrogens (primary N) is 1. The van der Waals surface area contributed by atoms with Gasteiger partial charge in [-0.05, 0) is 31.0 Å². The number of nitrogens with one attached hydrogen (secondary N) is 2. The van der Waals surface area contributed by atoms with E-state index in [-0.39, 0.29) is 23.6 Å². The molecule has 0 radical (unpaired) electrons. The van der Waals surface area contributed by atoms with Gasteiger partial charge in [-0.3, -0.25) is 9.48 Å². The number of amides is 1. The molecule has 1 amide bonds. The molecule has 1 unspecified atom stereocenters. The molecule has 0 spiro atoms. The zero-order valence-electron chi connectivity index (χ0n) is 20.0. The van der Waals surface area contributed by atoms with Gasteiger partial charge >= 0.3 is 0 Å². The molecular weight excluding hydrogens is 463 g/mol. The maximum absolute atomic E-state index is 14.0. The van der Waals surface area contributed by atoms with E-state index < -0.39 is 5.82 Å². The van der Waals surface area contributed by atoms with Gasteiger partial charge in [0.2, 0.25) is 0 Å². The summed E-state index contributed by atoms with van der Waals surface area (Å²) in [4.78, 5) is 26.0. The van der Waals surface area contributed by atoms with Crippen molar-refractivity contribution in [3.8, 4) is 17.0 Å². The van der Waals surface area contributed by atoms with Crippen LogP contribution in [0, 0.1) is 5.82 Å². The molecule has 1 aliphatic heterocycles. The number of ether oxygens (including phenoxy) is 1. The molecule has 0 aliphatic carbocycles. The van der Waals surface area contributed by atoms with E-state index in [9.17, 15) is 9.18 Å². The third-order valence-electron chi connectivity index (χ3n) is 6.54. The van der Waals surface area contributed by atoms with E-state index in [2.05, 4.69) is 30.3 Å². The fraction of sp³-hybridized carbons (Fsp3) is 0.360. The topological polar surface area (TPSA) is 127 Å². The van der Waals surface area contributed by atoms with Gasteiger partial charge in [-0.2, -0.15) is 5.10 Å². The number of likely N-dealkylation sites (tertiary alicyclic amines) is 1. The summed E-state index contributed by atoms with van der Waals surface area (Å²) in [5.41, 5.74) is 8.91. The largest absolute Gasteiger partial charge is 0.490 e. The molecule has 4 heterocycles. The molecule has 10 nitrogen and oxygen atoms in total. The van der Waals surface area contributed by atoms with Gasteiger partial charge in [0, 0.05) is 68.2 Å². The first-order valence-electron chi connectivity index (χ1n) is 12.0. The Hall–Kier alpha value is -3.83. The van der Waals surface area contributed by atoms with Crippen molar-refractivity contribution in [2.24, 2.45) is 5.73 Å². The smallest absolute Gasteiger partial charge is 0.251 e. The SMILES string of the molecule is CNC(=O)c1cc(F)cc(OC2CCN(CC(CN)n3cc(-c4ncnc5[nH]ccc45)cn3)CC2)c1. The van der Waals surface area contributed by atoms with Gasteiger partial charge in [0.25, 0.3) is 5.91 Å². The van der Waals surface area contributed by atoms with Gasteiger partial charge in [0.05, 0.1) is 17.9 Å². The minimum Gasteiger partial charge on any atom is -0.490 e. The molecule has 3 aromatic heterocycles. The predicted molar refractivity (Wildman–Crippen MR) is 133 cm³/mol. The maximum Gasteiger partial charge on any atom is 0.251 e.